The van der Waals surface area contributed by atoms with Crippen molar-refractivity contribution in [2.45, 2.75) is 31.8 Å². The Kier molecular flexibility index (Phi) is 5.38. The molecule has 3 aliphatic rings. The standard InChI is InChI=1S/C21H30N4O3/c1-3-25-20(27)17-13-23(12-16-5-4-8-22-11-16)14-18(17)21(25)6-9-24(10-7-21)19(26)15-28-2/h4-5,8,11,17-18H,3,6-7,9-10,12-15H2,1-2H3/t17-,18+/m1/s1. The number of amides is 2. The van der Waals surface area contributed by atoms with Crippen molar-refractivity contribution in [1.82, 2.24) is 19.7 Å². The van der Waals surface area contributed by atoms with Crippen LogP contribution in [-0.4, -0.2) is 83.5 Å². The molecule has 152 valence electrons. The lowest BCUT2D eigenvalue weighted by molar-refractivity contribution is -0.140. The van der Waals surface area contributed by atoms with E-state index in [0.717, 1.165) is 39.0 Å². The number of aromatic nitrogens is 1. The first-order valence-electron chi connectivity index (χ1n) is 10.3. The molecule has 1 aromatic heterocycles. The smallest absolute Gasteiger partial charge is 0.248 e. The van der Waals surface area contributed by atoms with Gasteiger partial charge in [-0.2, -0.15) is 0 Å². The van der Waals surface area contributed by atoms with E-state index >= 15 is 0 Å². The predicted octanol–water partition coefficient (Wildman–Crippen LogP) is 0.999. The molecule has 2 atom stereocenters. The van der Waals surface area contributed by atoms with E-state index in [2.05, 4.69) is 27.8 Å². The zero-order chi connectivity index (χ0) is 19.7. The van der Waals surface area contributed by atoms with E-state index in [9.17, 15) is 9.59 Å². The molecule has 1 aromatic rings. The first-order valence-corrected chi connectivity index (χ1v) is 10.3. The summed E-state index contributed by atoms with van der Waals surface area (Å²) in [6, 6.07) is 4.06. The average Bonchev–Trinajstić information content (AvgIpc) is 3.21. The minimum atomic E-state index is -0.107. The number of ether oxygens (including phenoxy) is 1. The van der Waals surface area contributed by atoms with Crippen LogP contribution in [0.2, 0.25) is 0 Å². The number of fused-ring (bicyclic) bond motifs is 2. The highest BCUT2D eigenvalue weighted by Crippen LogP contribution is 2.49. The van der Waals surface area contributed by atoms with Gasteiger partial charge in [-0.25, -0.2) is 0 Å². The lowest BCUT2D eigenvalue weighted by Crippen LogP contribution is -2.58. The molecule has 0 saturated carbocycles. The Balaban J connectivity index is 1.49. The number of carbonyl (C=O) groups is 2. The fourth-order valence-corrected chi connectivity index (χ4v) is 5.65. The maximum atomic E-state index is 13.2. The third-order valence-corrected chi connectivity index (χ3v) is 6.90. The molecule has 7 nitrogen and oxygen atoms in total. The van der Waals surface area contributed by atoms with Crippen LogP contribution in [0.1, 0.15) is 25.3 Å². The van der Waals surface area contributed by atoms with Crippen LogP contribution in [0.4, 0.5) is 0 Å². The lowest BCUT2D eigenvalue weighted by Gasteiger charge is -2.47. The highest BCUT2D eigenvalue weighted by Gasteiger charge is 2.61. The molecule has 28 heavy (non-hydrogen) atoms. The second-order valence-electron chi connectivity index (χ2n) is 8.27. The molecule has 3 saturated heterocycles. The summed E-state index contributed by atoms with van der Waals surface area (Å²) in [4.78, 5) is 36.0. The van der Waals surface area contributed by atoms with E-state index in [0.29, 0.717) is 24.9 Å². The van der Waals surface area contributed by atoms with Crippen molar-refractivity contribution in [2.24, 2.45) is 11.8 Å². The maximum absolute atomic E-state index is 13.2. The second kappa shape index (κ2) is 7.79. The minimum absolute atomic E-state index is 0.0471. The number of nitrogens with zero attached hydrogens (tertiary/aromatic N) is 4. The summed E-state index contributed by atoms with van der Waals surface area (Å²) in [5.41, 5.74) is 1.08. The van der Waals surface area contributed by atoms with Crippen molar-refractivity contribution in [3.63, 3.8) is 0 Å². The number of hydrogen-bond donors (Lipinski definition) is 0. The van der Waals surface area contributed by atoms with E-state index in [4.69, 9.17) is 4.74 Å². The van der Waals surface area contributed by atoms with Crippen molar-refractivity contribution in [3.8, 4) is 0 Å². The van der Waals surface area contributed by atoms with Crippen LogP contribution < -0.4 is 0 Å². The van der Waals surface area contributed by atoms with Gasteiger partial charge < -0.3 is 14.5 Å². The van der Waals surface area contributed by atoms with Gasteiger partial charge in [0.1, 0.15) is 6.61 Å². The second-order valence-corrected chi connectivity index (χ2v) is 8.27. The summed E-state index contributed by atoms with van der Waals surface area (Å²) in [5, 5.41) is 0. The summed E-state index contributed by atoms with van der Waals surface area (Å²) in [6.45, 7) is 6.98. The van der Waals surface area contributed by atoms with E-state index in [-0.39, 0.29) is 24.0 Å². The quantitative estimate of drug-likeness (QED) is 0.755. The third-order valence-electron chi connectivity index (χ3n) is 6.90. The summed E-state index contributed by atoms with van der Waals surface area (Å²) < 4.78 is 5.01. The van der Waals surface area contributed by atoms with E-state index in [1.54, 1.807) is 13.3 Å². The average molecular weight is 386 g/mol. The Morgan fingerprint density at radius 3 is 2.75 bits per heavy atom. The Morgan fingerprint density at radius 2 is 2.11 bits per heavy atom. The predicted molar refractivity (Wildman–Crippen MR) is 104 cm³/mol. The van der Waals surface area contributed by atoms with Gasteiger partial charge in [0, 0.05) is 64.7 Å². The molecule has 3 fully saturated rings. The van der Waals surface area contributed by atoms with Gasteiger partial charge >= 0.3 is 0 Å². The van der Waals surface area contributed by atoms with Crippen molar-refractivity contribution in [3.05, 3.63) is 30.1 Å². The monoisotopic (exact) mass is 386 g/mol. The lowest BCUT2D eigenvalue weighted by atomic mass is 9.75. The highest BCUT2D eigenvalue weighted by atomic mass is 16.5. The zero-order valence-electron chi connectivity index (χ0n) is 16.8. The number of likely N-dealkylation sites (tertiary alicyclic amines) is 3. The molecule has 1 spiro atoms. The Hall–Kier alpha value is -1.99. The van der Waals surface area contributed by atoms with E-state index in [1.165, 1.54) is 5.56 Å². The number of rotatable bonds is 5. The van der Waals surface area contributed by atoms with Crippen LogP contribution in [0, 0.1) is 11.8 Å². The van der Waals surface area contributed by atoms with Gasteiger partial charge in [-0.3, -0.25) is 19.5 Å². The van der Waals surface area contributed by atoms with Crippen LogP contribution in [0.5, 0.6) is 0 Å². The summed E-state index contributed by atoms with van der Waals surface area (Å²) in [5.74, 6) is 0.776. The van der Waals surface area contributed by atoms with Crippen molar-refractivity contribution < 1.29 is 14.3 Å². The van der Waals surface area contributed by atoms with Gasteiger partial charge in [0.05, 0.1) is 11.5 Å². The van der Waals surface area contributed by atoms with E-state index < -0.39 is 0 Å². The molecular weight excluding hydrogens is 356 g/mol. The van der Waals surface area contributed by atoms with Crippen LogP contribution in [0.15, 0.2) is 24.5 Å². The van der Waals surface area contributed by atoms with Crippen molar-refractivity contribution >= 4 is 11.8 Å². The Morgan fingerprint density at radius 1 is 1.32 bits per heavy atom. The fraction of sp³-hybridized carbons (Fsp3) is 0.667. The first kappa shape index (κ1) is 19.3. The molecule has 0 aliphatic carbocycles. The van der Waals surface area contributed by atoms with Gasteiger partial charge in [0.15, 0.2) is 0 Å². The van der Waals surface area contributed by atoms with Gasteiger partial charge in [0.2, 0.25) is 11.8 Å². The SMILES string of the molecule is CCN1C(=O)[C@@H]2CN(Cc3cccnc3)C[C@@H]2C12CCN(C(=O)COC)CC2. The number of hydrogen-bond acceptors (Lipinski definition) is 5. The number of piperidine rings is 1. The van der Waals surface area contributed by atoms with Crippen molar-refractivity contribution in [2.75, 3.05) is 46.4 Å². The molecule has 0 unspecified atom stereocenters. The third kappa shape index (κ3) is 3.20. The van der Waals surface area contributed by atoms with Crippen LogP contribution in [0.25, 0.3) is 0 Å². The number of carbonyl (C=O) groups excluding carboxylic acids is 2. The Bertz CT molecular complexity index is 718. The van der Waals surface area contributed by atoms with Gasteiger partial charge in [-0.15, -0.1) is 0 Å². The van der Waals surface area contributed by atoms with Crippen LogP contribution in [-0.2, 0) is 20.9 Å². The van der Waals surface area contributed by atoms with Crippen LogP contribution >= 0.6 is 0 Å². The molecule has 0 N–H and O–H groups in total. The molecule has 4 rings (SSSR count). The van der Waals surface area contributed by atoms with Gasteiger partial charge in [-0.1, -0.05) is 6.07 Å². The Labute approximate surface area is 166 Å². The van der Waals surface area contributed by atoms with Crippen LogP contribution in [0.3, 0.4) is 0 Å². The fourth-order valence-electron chi connectivity index (χ4n) is 5.65. The maximum Gasteiger partial charge on any atom is 0.248 e. The summed E-state index contributed by atoms with van der Waals surface area (Å²) in [6.07, 6.45) is 5.43. The first-order chi connectivity index (χ1) is 13.6. The molecule has 4 heterocycles. The minimum Gasteiger partial charge on any atom is -0.375 e. The topological polar surface area (TPSA) is 66.0 Å². The molecule has 2 amide bonds. The molecule has 0 radical (unpaired) electrons. The molecule has 0 aromatic carbocycles. The summed E-state index contributed by atoms with van der Waals surface area (Å²) >= 11 is 0. The van der Waals surface area contributed by atoms with E-state index in [1.807, 2.05) is 17.2 Å². The number of methoxy groups -OCH3 is 1. The van der Waals surface area contributed by atoms with Gasteiger partial charge in [0.25, 0.3) is 0 Å². The zero-order valence-corrected chi connectivity index (χ0v) is 16.8. The molecular formula is C21H30N4O3. The molecule has 3 aliphatic heterocycles. The van der Waals surface area contributed by atoms with Crippen molar-refractivity contribution in [1.29, 1.82) is 0 Å². The van der Waals surface area contributed by atoms with Gasteiger partial charge in [-0.05, 0) is 31.4 Å². The molecule has 7 heteroatoms. The normalized spacial score (nSPS) is 26.9. The molecule has 0 bridgehead atoms. The largest absolute Gasteiger partial charge is 0.375 e. The number of pyridine rings is 1. The highest BCUT2D eigenvalue weighted by molar-refractivity contribution is 5.84. The summed E-state index contributed by atoms with van der Waals surface area (Å²) in [7, 11) is 1.55.